The summed E-state index contributed by atoms with van der Waals surface area (Å²) in [5.41, 5.74) is -0.237. The van der Waals surface area contributed by atoms with Gasteiger partial charge in [-0.2, -0.15) is 5.26 Å². The van der Waals surface area contributed by atoms with E-state index in [4.69, 9.17) is 5.26 Å². The van der Waals surface area contributed by atoms with Gasteiger partial charge in [-0.25, -0.2) is 8.78 Å². The first kappa shape index (κ1) is 14.1. The average Bonchev–Trinajstić information content (AvgIpc) is 2.33. The number of rotatable bonds is 4. The third-order valence-corrected chi connectivity index (χ3v) is 2.58. The van der Waals surface area contributed by atoms with Gasteiger partial charge >= 0.3 is 0 Å². The molecule has 1 aromatic rings. The molecule has 1 amide bonds. The third-order valence-electron chi connectivity index (χ3n) is 2.58. The quantitative estimate of drug-likeness (QED) is 0.824. The molecule has 1 rings (SSSR count). The molecule has 0 saturated heterocycles. The molecule has 0 saturated carbocycles. The average molecular weight is 252 g/mol. The summed E-state index contributed by atoms with van der Waals surface area (Å²) in [5.74, 6) is -2.19. The zero-order valence-electron chi connectivity index (χ0n) is 10.3. The lowest BCUT2D eigenvalue weighted by molar-refractivity contribution is -0.129. The number of carbonyl (C=O) groups is 1. The molecule has 18 heavy (non-hydrogen) atoms. The minimum absolute atomic E-state index is 0.237. The van der Waals surface area contributed by atoms with Crippen LogP contribution >= 0.6 is 0 Å². The molecule has 1 aromatic carbocycles. The van der Waals surface area contributed by atoms with Crippen LogP contribution in [0, 0.1) is 28.9 Å². The largest absolute Gasteiger partial charge is 0.344 e. The monoisotopic (exact) mass is 252 g/mol. The van der Waals surface area contributed by atoms with Gasteiger partial charge in [0.1, 0.15) is 11.6 Å². The molecule has 1 unspecified atom stereocenters. The van der Waals surface area contributed by atoms with E-state index in [1.165, 1.54) is 18.0 Å². The fourth-order valence-electron chi connectivity index (χ4n) is 1.54. The summed E-state index contributed by atoms with van der Waals surface area (Å²) in [6.45, 7) is 1.92. The van der Waals surface area contributed by atoms with Gasteiger partial charge in [0, 0.05) is 19.2 Å². The van der Waals surface area contributed by atoms with Crippen molar-refractivity contribution in [2.24, 2.45) is 5.92 Å². The van der Waals surface area contributed by atoms with Gasteiger partial charge in [0.15, 0.2) is 0 Å². The van der Waals surface area contributed by atoms with E-state index >= 15 is 0 Å². The lowest BCUT2D eigenvalue weighted by atomic mass is 10.1. The number of benzene rings is 1. The van der Waals surface area contributed by atoms with Gasteiger partial charge in [-0.05, 0) is 19.1 Å². The van der Waals surface area contributed by atoms with E-state index in [1.807, 2.05) is 6.07 Å². The van der Waals surface area contributed by atoms with Gasteiger partial charge in [-0.1, -0.05) is 6.07 Å². The molecule has 3 nitrogen and oxygen atoms in total. The van der Waals surface area contributed by atoms with E-state index in [0.717, 1.165) is 12.1 Å². The predicted molar refractivity (Wildman–Crippen MR) is 62.5 cm³/mol. The highest BCUT2D eigenvalue weighted by Gasteiger charge is 2.17. The van der Waals surface area contributed by atoms with Crippen LogP contribution in [0.5, 0.6) is 0 Å². The van der Waals surface area contributed by atoms with Crippen LogP contribution in [0.4, 0.5) is 8.78 Å². The van der Waals surface area contributed by atoms with E-state index in [1.54, 1.807) is 6.92 Å². The standard InChI is InChI=1S/C13H14F2N2O/c1-9(7-16)8-17(2)13(18)6-10-11(14)4-3-5-12(10)15/h3-5,9H,6,8H2,1-2H3. The fraction of sp³-hybridized carbons (Fsp3) is 0.385. The Morgan fingerprint density at radius 3 is 2.50 bits per heavy atom. The molecule has 1 atom stereocenters. The summed E-state index contributed by atoms with van der Waals surface area (Å²) < 4.78 is 26.7. The molecule has 0 aliphatic carbocycles. The molecule has 0 spiro atoms. The lowest BCUT2D eigenvalue weighted by Gasteiger charge is -2.18. The number of nitrogens with zero attached hydrogens (tertiary/aromatic N) is 2. The highest BCUT2D eigenvalue weighted by molar-refractivity contribution is 5.78. The SMILES string of the molecule is CC(C#N)CN(C)C(=O)Cc1c(F)cccc1F. The zero-order valence-corrected chi connectivity index (χ0v) is 10.3. The molecule has 96 valence electrons. The minimum Gasteiger partial charge on any atom is -0.344 e. The van der Waals surface area contributed by atoms with E-state index in [9.17, 15) is 13.6 Å². The number of likely N-dealkylation sites (N-methyl/N-ethyl adjacent to an activating group) is 1. The van der Waals surface area contributed by atoms with Gasteiger partial charge in [0.05, 0.1) is 18.4 Å². The second kappa shape index (κ2) is 6.10. The first-order valence-corrected chi connectivity index (χ1v) is 5.52. The second-order valence-electron chi connectivity index (χ2n) is 4.18. The predicted octanol–water partition coefficient (Wildman–Crippen LogP) is 2.13. The molecule has 0 bridgehead atoms. The van der Waals surface area contributed by atoms with Crippen molar-refractivity contribution in [1.29, 1.82) is 5.26 Å². The van der Waals surface area contributed by atoms with Crippen molar-refractivity contribution in [1.82, 2.24) is 4.90 Å². The van der Waals surface area contributed by atoms with E-state index < -0.39 is 17.5 Å². The van der Waals surface area contributed by atoms with Gasteiger partial charge in [0.2, 0.25) is 5.91 Å². The van der Waals surface area contributed by atoms with Gasteiger partial charge in [-0.3, -0.25) is 4.79 Å². The Labute approximate surface area is 105 Å². The van der Waals surface area contributed by atoms with Crippen molar-refractivity contribution in [3.8, 4) is 6.07 Å². The minimum atomic E-state index is -0.731. The van der Waals surface area contributed by atoms with Crippen LogP contribution in [0.25, 0.3) is 0 Å². The molecule has 0 heterocycles. The summed E-state index contributed by atoms with van der Waals surface area (Å²) in [4.78, 5) is 13.1. The Balaban J connectivity index is 2.73. The maximum Gasteiger partial charge on any atom is 0.226 e. The maximum absolute atomic E-state index is 13.3. The Hall–Kier alpha value is -1.96. The van der Waals surface area contributed by atoms with Crippen molar-refractivity contribution in [2.45, 2.75) is 13.3 Å². The molecule has 0 N–H and O–H groups in total. The van der Waals surface area contributed by atoms with Crippen molar-refractivity contribution >= 4 is 5.91 Å². The van der Waals surface area contributed by atoms with Crippen molar-refractivity contribution in [3.63, 3.8) is 0 Å². The van der Waals surface area contributed by atoms with Crippen LogP contribution in [0.15, 0.2) is 18.2 Å². The molecule has 0 radical (unpaired) electrons. The number of halogens is 2. The van der Waals surface area contributed by atoms with E-state index in [0.29, 0.717) is 0 Å². The molecule has 0 aliphatic heterocycles. The van der Waals surface area contributed by atoms with Crippen LogP contribution in [0.3, 0.4) is 0 Å². The summed E-state index contributed by atoms with van der Waals surface area (Å²) in [5, 5.41) is 8.64. The summed E-state index contributed by atoms with van der Waals surface area (Å²) in [6, 6.07) is 5.47. The molecule has 5 heteroatoms. The van der Waals surface area contributed by atoms with Crippen LogP contribution in [0.1, 0.15) is 12.5 Å². The number of amides is 1. The smallest absolute Gasteiger partial charge is 0.226 e. The van der Waals surface area contributed by atoms with Crippen LogP contribution in [-0.2, 0) is 11.2 Å². The Bertz CT molecular complexity index is 462. The van der Waals surface area contributed by atoms with Crippen molar-refractivity contribution < 1.29 is 13.6 Å². The van der Waals surface area contributed by atoms with Crippen LogP contribution in [-0.4, -0.2) is 24.4 Å². The van der Waals surface area contributed by atoms with Crippen molar-refractivity contribution in [2.75, 3.05) is 13.6 Å². The first-order chi connectivity index (χ1) is 8.45. The number of hydrogen-bond donors (Lipinski definition) is 0. The third kappa shape index (κ3) is 3.52. The normalized spacial score (nSPS) is 11.7. The summed E-state index contributed by atoms with van der Waals surface area (Å²) >= 11 is 0. The van der Waals surface area contributed by atoms with Crippen LogP contribution < -0.4 is 0 Å². The summed E-state index contributed by atoms with van der Waals surface area (Å²) in [6.07, 6.45) is -0.340. The van der Waals surface area contributed by atoms with Gasteiger partial charge in [0.25, 0.3) is 0 Å². The zero-order chi connectivity index (χ0) is 13.7. The van der Waals surface area contributed by atoms with Gasteiger partial charge < -0.3 is 4.90 Å². The molecule has 0 aromatic heterocycles. The maximum atomic E-state index is 13.3. The molecule has 0 aliphatic rings. The fourth-order valence-corrected chi connectivity index (χ4v) is 1.54. The molecular weight excluding hydrogens is 238 g/mol. The topological polar surface area (TPSA) is 44.1 Å². The van der Waals surface area contributed by atoms with Crippen molar-refractivity contribution in [3.05, 3.63) is 35.4 Å². The highest BCUT2D eigenvalue weighted by Crippen LogP contribution is 2.13. The first-order valence-electron chi connectivity index (χ1n) is 5.52. The van der Waals surface area contributed by atoms with Crippen LogP contribution in [0.2, 0.25) is 0 Å². The molecular formula is C13H14F2N2O. The number of carbonyl (C=O) groups excluding carboxylic acids is 1. The van der Waals surface area contributed by atoms with E-state index in [-0.39, 0.29) is 24.4 Å². The number of nitriles is 1. The second-order valence-corrected chi connectivity index (χ2v) is 4.18. The number of hydrogen-bond acceptors (Lipinski definition) is 2. The Kier molecular flexibility index (Phi) is 4.78. The lowest BCUT2D eigenvalue weighted by Crippen LogP contribution is -2.32. The van der Waals surface area contributed by atoms with Gasteiger partial charge in [-0.15, -0.1) is 0 Å². The van der Waals surface area contributed by atoms with E-state index in [2.05, 4.69) is 0 Å². The highest BCUT2D eigenvalue weighted by atomic mass is 19.1. The Morgan fingerprint density at radius 1 is 1.44 bits per heavy atom. The molecule has 0 fully saturated rings. The summed E-state index contributed by atoms with van der Waals surface area (Å²) in [7, 11) is 1.51. The Morgan fingerprint density at radius 2 is 2.00 bits per heavy atom.